The summed E-state index contributed by atoms with van der Waals surface area (Å²) in [7, 11) is 0. The second-order valence-electron chi connectivity index (χ2n) is 2.62. The Morgan fingerprint density at radius 1 is 1.36 bits per heavy atom. The molecule has 70 valence electrons. The molecule has 0 unspecified atom stereocenters. The van der Waals surface area contributed by atoms with Crippen molar-refractivity contribution in [1.82, 2.24) is 14.9 Å². The normalized spacial score (nSPS) is 10.1. The van der Waals surface area contributed by atoms with E-state index in [2.05, 4.69) is 22.0 Å². The molecule has 0 atom stereocenters. The molecule has 1 heterocycles. The van der Waals surface area contributed by atoms with Crippen LogP contribution in [0.25, 0.3) is 11.4 Å². The van der Waals surface area contributed by atoms with Crippen molar-refractivity contribution in [3.63, 3.8) is 0 Å². The van der Waals surface area contributed by atoms with E-state index in [1.54, 1.807) is 18.2 Å². The van der Waals surface area contributed by atoms with Crippen molar-refractivity contribution in [2.45, 2.75) is 0 Å². The Morgan fingerprint density at radius 2 is 2.14 bits per heavy atom. The number of rotatable bonds is 2. The minimum absolute atomic E-state index is 0.345. The molecule has 0 aliphatic rings. The van der Waals surface area contributed by atoms with E-state index >= 15 is 0 Å². The van der Waals surface area contributed by atoms with Crippen LogP contribution in [-0.2, 0) is 0 Å². The Bertz CT molecular complexity index is 463. The SMILES string of the molecule is C=Nn1cnnc1-c1ccccc1F. The summed E-state index contributed by atoms with van der Waals surface area (Å²) in [6, 6.07) is 6.31. The zero-order valence-corrected chi connectivity index (χ0v) is 7.26. The van der Waals surface area contributed by atoms with E-state index in [1.165, 1.54) is 17.1 Å². The van der Waals surface area contributed by atoms with Gasteiger partial charge in [-0.15, -0.1) is 10.2 Å². The van der Waals surface area contributed by atoms with Gasteiger partial charge in [0, 0.05) is 6.72 Å². The van der Waals surface area contributed by atoms with Crippen LogP contribution < -0.4 is 0 Å². The first kappa shape index (κ1) is 8.55. The van der Waals surface area contributed by atoms with E-state index in [1.807, 2.05) is 0 Å². The van der Waals surface area contributed by atoms with Crippen LogP contribution in [0.5, 0.6) is 0 Å². The third-order valence-electron chi connectivity index (χ3n) is 1.80. The minimum Gasteiger partial charge on any atom is -0.206 e. The van der Waals surface area contributed by atoms with Crippen LogP contribution in [-0.4, -0.2) is 21.6 Å². The molecule has 0 radical (unpaired) electrons. The zero-order chi connectivity index (χ0) is 9.97. The van der Waals surface area contributed by atoms with Crippen LogP contribution in [0.15, 0.2) is 35.7 Å². The van der Waals surface area contributed by atoms with Gasteiger partial charge in [0.15, 0.2) is 5.82 Å². The Kier molecular flexibility index (Phi) is 2.06. The summed E-state index contributed by atoms with van der Waals surface area (Å²) < 4.78 is 14.6. The summed E-state index contributed by atoms with van der Waals surface area (Å²) >= 11 is 0. The van der Waals surface area contributed by atoms with Crippen molar-refractivity contribution < 1.29 is 4.39 Å². The quantitative estimate of drug-likeness (QED) is 0.674. The molecule has 0 bridgehead atoms. The van der Waals surface area contributed by atoms with Gasteiger partial charge >= 0.3 is 0 Å². The highest BCUT2D eigenvalue weighted by molar-refractivity contribution is 5.55. The van der Waals surface area contributed by atoms with Gasteiger partial charge in [-0.05, 0) is 12.1 Å². The zero-order valence-electron chi connectivity index (χ0n) is 7.26. The predicted molar refractivity (Wildman–Crippen MR) is 50.4 cm³/mol. The molecule has 1 aromatic heterocycles. The minimum atomic E-state index is -0.356. The van der Waals surface area contributed by atoms with E-state index in [0.29, 0.717) is 11.4 Å². The molecule has 0 aliphatic carbocycles. The number of benzene rings is 1. The molecule has 2 rings (SSSR count). The molecule has 4 nitrogen and oxygen atoms in total. The summed E-state index contributed by atoms with van der Waals surface area (Å²) in [5, 5.41) is 11.0. The highest BCUT2D eigenvalue weighted by atomic mass is 19.1. The lowest BCUT2D eigenvalue weighted by molar-refractivity contribution is 0.628. The first-order valence-corrected chi connectivity index (χ1v) is 3.95. The summed E-state index contributed by atoms with van der Waals surface area (Å²) in [6.45, 7) is 3.33. The van der Waals surface area contributed by atoms with Crippen LogP contribution in [0, 0.1) is 5.82 Å². The summed E-state index contributed by atoms with van der Waals surface area (Å²) in [5.74, 6) is -0.0106. The van der Waals surface area contributed by atoms with Gasteiger partial charge in [0.25, 0.3) is 0 Å². The van der Waals surface area contributed by atoms with Crippen molar-refractivity contribution in [2.24, 2.45) is 5.10 Å². The molecule has 0 fully saturated rings. The van der Waals surface area contributed by atoms with Crippen molar-refractivity contribution in [1.29, 1.82) is 0 Å². The van der Waals surface area contributed by atoms with E-state index in [0.717, 1.165) is 0 Å². The number of hydrogen-bond acceptors (Lipinski definition) is 3. The summed E-state index contributed by atoms with van der Waals surface area (Å²) in [6.07, 6.45) is 1.37. The molecule has 5 heteroatoms. The fraction of sp³-hybridized carbons (Fsp3) is 0. The van der Waals surface area contributed by atoms with Gasteiger partial charge in [0.05, 0.1) is 5.56 Å². The van der Waals surface area contributed by atoms with Gasteiger partial charge in [-0.2, -0.15) is 5.10 Å². The molecule has 0 spiro atoms. The maximum atomic E-state index is 13.3. The van der Waals surface area contributed by atoms with E-state index < -0.39 is 0 Å². The number of halogens is 1. The van der Waals surface area contributed by atoms with Crippen LogP contribution in [0.4, 0.5) is 4.39 Å². The maximum Gasteiger partial charge on any atom is 0.187 e. The Hall–Kier alpha value is -2.04. The molecule has 1 aromatic carbocycles. The van der Waals surface area contributed by atoms with Crippen molar-refractivity contribution in [2.75, 3.05) is 0 Å². The van der Waals surface area contributed by atoms with Gasteiger partial charge < -0.3 is 0 Å². The second-order valence-corrected chi connectivity index (χ2v) is 2.62. The molecule has 0 aliphatic heterocycles. The second kappa shape index (κ2) is 3.37. The monoisotopic (exact) mass is 190 g/mol. The van der Waals surface area contributed by atoms with Crippen molar-refractivity contribution in [3.05, 3.63) is 36.4 Å². The lowest BCUT2D eigenvalue weighted by atomic mass is 10.2. The van der Waals surface area contributed by atoms with Crippen LogP contribution in [0.2, 0.25) is 0 Å². The fourth-order valence-corrected chi connectivity index (χ4v) is 1.15. The topological polar surface area (TPSA) is 43.1 Å². The predicted octanol–water partition coefficient (Wildman–Crippen LogP) is 1.55. The lowest BCUT2D eigenvalue weighted by Crippen LogP contribution is -1.93. The molecule has 2 aromatic rings. The summed E-state index contributed by atoms with van der Waals surface area (Å²) in [5.41, 5.74) is 0.359. The van der Waals surface area contributed by atoms with Crippen LogP contribution in [0.3, 0.4) is 0 Å². The van der Waals surface area contributed by atoms with Gasteiger partial charge in [0.2, 0.25) is 0 Å². The summed E-state index contributed by atoms with van der Waals surface area (Å²) in [4.78, 5) is 0. The van der Waals surface area contributed by atoms with Gasteiger partial charge in [-0.3, -0.25) is 0 Å². The van der Waals surface area contributed by atoms with Crippen molar-refractivity contribution >= 4 is 6.72 Å². The number of aromatic nitrogens is 3. The molecular formula is C9H7FN4. The van der Waals surface area contributed by atoms with Gasteiger partial charge in [-0.25, -0.2) is 9.07 Å². The molecule has 0 saturated heterocycles. The fourth-order valence-electron chi connectivity index (χ4n) is 1.15. The highest BCUT2D eigenvalue weighted by Crippen LogP contribution is 2.19. The highest BCUT2D eigenvalue weighted by Gasteiger charge is 2.10. The standard InChI is InChI=1S/C9H7FN4/c1-11-14-6-12-13-9(14)7-4-2-3-5-8(7)10/h2-6H,1H2. The molecule has 0 N–H and O–H groups in total. The van der Waals surface area contributed by atoms with Gasteiger partial charge in [0.1, 0.15) is 12.1 Å². The average Bonchev–Trinajstić information content (AvgIpc) is 2.66. The smallest absolute Gasteiger partial charge is 0.187 e. The average molecular weight is 190 g/mol. The van der Waals surface area contributed by atoms with E-state index in [4.69, 9.17) is 0 Å². The first-order chi connectivity index (χ1) is 6.83. The number of hydrogen-bond donors (Lipinski definition) is 0. The van der Waals surface area contributed by atoms with Crippen LogP contribution >= 0.6 is 0 Å². The molecule has 0 saturated carbocycles. The largest absolute Gasteiger partial charge is 0.206 e. The number of nitrogens with zero attached hydrogens (tertiary/aromatic N) is 4. The van der Waals surface area contributed by atoms with Gasteiger partial charge in [-0.1, -0.05) is 12.1 Å². The van der Waals surface area contributed by atoms with E-state index in [-0.39, 0.29) is 5.82 Å². The molecular weight excluding hydrogens is 183 g/mol. The third kappa shape index (κ3) is 1.28. The first-order valence-electron chi connectivity index (χ1n) is 3.95. The Morgan fingerprint density at radius 3 is 2.86 bits per heavy atom. The Labute approximate surface area is 79.7 Å². The lowest BCUT2D eigenvalue weighted by Gasteiger charge is -2.00. The van der Waals surface area contributed by atoms with Crippen LogP contribution in [0.1, 0.15) is 0 Å². The maximum absolute atomic E-state index is 13.3. The van der Waals surface area contributed by atoms with E-state index in [9.17, 15) is 4.39 Å². The third-order valence-corrected chi connectivity index (χ3v) is 1.80. The molecule has 14 heavy (non-hydrogen) atoms. The Balaban J connectivity index is 2.60. The molecule has 0 amide bonds. The van der Waals surface area contributed by atoms with Crippen molar-refractivity contribution in [3.8, 4) is 11.4 Å².